The quantitative estimate of drug-likeness (QED) is 0.548. The Morgan fingerprint density at radius 1 is 1.04 bits per heavy atom. The first-order chi connectivity index (χ1) is 12.4. The van der Waals surface area contributed by atoms with E-state index in [-0.39, 0.29) is 23.0 Å². The first-order valence-electron chi connectivity index (χ1n) is 7.22. The maximum atomic E-state index is 11.8. The Balaban J connectivity index is 1.79. The molecule has 0 aromatic heterocycles. The number of nitro benzene ring substituents is 1. The lowest BCUT2D eigenvalue weighted by atomic mass is 10.3. The monoisotopic (exact) mass is 397 g/mol. The van der Waals surface area contributed by atoms with Crippen LogP contribution >= 0.6 is 23.2 Å². The number of amides is 2. The zero-order valence-corrected chi connectivity index (χ0v) is 14.7. The summed E-state index contributed by atoms with van der Waals surface area (Å²) in [7, 11) is 0. The van der Waals surface area contributed by atoms with Crippen LogP contribution in [0, 0.1) is 10.1 Å². The molecule has 0 aliphatic carbocycles. The number of non-ortho nitro benzene ring substituents is 1. The average Bonchev–Trinajstić information content (AvgIpc) is 2.59. The molecule has 136 valence electrons. The highest BCUT2D eigenvalue weighted by molar-refractivity contribution is 6.44. The Kier molecular flexibility index (Phi) is 6.90. The lowest BCUT2D eigenvalue weighted by Gasteiger charge is -2.09. The molecule has 10 heteroatoms. The van der Waals surface area contributed by atoms with Gasteiger partial charge in [-0.3, -0.25) is 19.7 Å². The number of nitro groups is 1. The fourth-order valence-electron chi connectivity index (χ4n) is 1.92. The number of benzene rings is 2. The van der Waals surface area contributed by atoms with Crippen LogP contribution in [-0.2, 0) is 14.3 Å². The molecule has 0 unspecified atom stereocenters. The van der Waals surface area contributed by atoms with Crippen molar-refractivity contribution in [2.45, 2.75) is 0 Å². The van der Waals surface area contributed by atoms with Gasteiger partial charge < -0.3 is 15.4 Å². The van der Waals surface area contributed by atoms with Crippen LogP contribution in [0.3, 0.4) is 0 Å². The zero-order valence-electron chi connectivity index (χ0n) is 13.2. The SMILES string of the molecule is O=C(COCC(=O)Nc1cccc(Cl)c1Cl)Nc1cccc([N+](=O)[O-])c1. The average molecular weight is 398 g/mol. The van der Waals surface area contributed by atoms with Gasteiger partial charge in [0.25, 0.3) is 5.69 Å². The predicted octanol–water partition coefficient (Wildman–Crippen LogP) is 3.50. The maximum absolute atomic E-state index is 11.8. The van der Waals surface area contributed by atoms with Crippen molar-refractivity contribution in [1.82, 2.24) is 0 Å². The molecule has 8 nitrogen and oxygen atoms in total. The molecule has 0 aliphatic rings. The van der Waals surface area contributed by atoms with Gasteiger partial charge in [-0.25, -0.2) is 0 Å². The van der Waals surface area contributed by atoms with Crippen molar-refractivity contribution in [2.24, 2.45) is 0 Å². The minimum Gasteiger partial charge on any atom is -0.362 e. The molecule has 0 heterocycles. The van der Waals surface area contributed by atoms with Crippen molar-refractivity contribution in [3.63, 3.8) is 0 Å². The van der Waals surface area contributed by atoms with Crippen molar-refractivity contribution in [3.05, 3.63) is 62.6 Å². The molecule has 2 aromatic rings. The van der Waals surface area contributed by atoms with Crippen LogP contribution in [0.15, 0.2) is 42.5 Å². The van der Waals surface area contributed by atoms with E-state index < -0.39 is 23.3 Å². The summed E-state index contributed by atoms with van der Waals surface area (Å²) in [4.78, 5) is 33.7. The van der Waals surface area contributed by atoms with E-state index in [0.29, 0.717) is 10.7 Å². The van der Waals surface area contributed by atoms with Crippen LogP contribution in [0.4, 0.5) is 17.1 Å². The summed E-state index contributed by atoms with van der Waals surface area (Å²) < 4.78 is 5.02. The summed E-state index contributed by atoms with van der Waals surface area (Å²) in [6.45, 7) is -0.787. The maximum Gasteiger partial charge on any atom is 0.271 e. The van der Waals surface area contributed by atoms with Crippen molar-refractivity contribution in [2.75, 3.05) is 23.8 Å². The molecule has 2 N–H and O–H groups in total. The number of rotatable bonds is 7. The van der Waals surface area contributed by atoms with Crippen molar-refractivity contribution in [3.8, 4) is 0 Å². The number of anilines is 2. The third-order valence-electron chi connectivity index (χ3n) is 3.03. The normalized spacial score (nSPS) is 10.2. The van der Waals surface area contributed by atoms with E-state index in [4.69, 9.17) is 27.9 Å². The summed E-state index contributed by atoms with van der Waals surface area (Å²) >= 11 is 11.8. The fraction of sp³-hybridized carbons (Fsp3) is 0.125. The molecular formula is C16H13Cl2N3O5. The van der Waals surface area contributed by atoms with Gasteiger partial charge in [0.2, 0.25) is 11.8 Å². The third-order valence-corrected chi connectivity index (χ3v) is 3.85. The van der Waals surface area contributed by atoms with E-state index in [2.05, 4.69) is 10.6 Å². The van der Waals surface area contributed by atoms with Gasteiger partial charge in [0.1, 0.15) is 13.2 Å². The second-order valence-electron chi connectivity index (χ2n) is 5.00. The van der Waals surface area contributed by atoms with Gasteiger partial charge in [-0.1, -0.05) is 35.3 Å². The largest absolute Gasteiger partial charge is 0.362 e. The van der Waals surface area contributed by atoms with Crippen LogP contribution < -0.4 is 10.6 Å². The Hall–Kier alpha value is -2.68. The van der Waals surface area contributed by atoms with E-state index in [9.17, 15) is 19.7 Å². The molecular weight excluding hydrogens is 385 g/mol. The van der Waals surface area contributed by atoms with Gasteiger partial charge in [0.05, 0.1) is 20.7 Å². The van der Waals surface area contributed by atoms with Crippen molar-refractivity contribution < 1.29 is 19.2 Å². The highest BCUT2D eigenvalue weighted by atomic mass is 35.5. The molecule has 2 amide bonds. The third kappa shape index (κ3) is 5.69. The lowest BCUT2D eigenvalue weighted by molar-refractivity contribution is -0.384. The summed E-state index contributed by atoms with van der Waals surface area (Å²) in [5, 5.41) is 16.1. The van der Waals surface area contributed by atoms with Gasteiger partial charge >= 0.3 is 0 Å². The Morgan fingerprint density at radius 2 is 1.69 bits per heavy atom. The second kappa shape index (κ2) is 9.14. The minimum absolute atomic E-state index is 0.151. The van der Waals surface area contributed by atoms with Gasteiger partial charge in [0.15, 0.2) is 0 Å². The van der Waals surface area contributed by atoms with Crippen LogP contribution in [0.1, 0.15) is 0 Å². The van der Waals surface area contributed by atoms with Gasteiger partial charge in [-0.2, -0.15) is 0 Å². The van der Waals surface area contributed by atoms with Gasteiger partial charge in [0, 0.05) is 17.8 Å². The molecule has 0 atom stereocenters. The van der Waals surface area contributed by atoms with Crippen LogP contribution in [-0.4, -0.2) is 30.0 Å². The predicted molar refractivity (Wildman–Crippen MR) is 97.6 cm³/mol. The van der Waals surface area contributed by atoms with E-state index in [1.807, 2.05) is 0 Å². The number of nitrogens with one attached hydrogen (secondary N) is 2. The van der Waals surface area contributed by atoms with E-state index in [0.717, 1.165) is 0 Å². The van der Waals surface area contributed by atoms with E-state index in [1.165, 1.54) is 24.3 Å². The molecule has 26 heavy (non-hydrogen) atoms. The van der Waals surface area contributed by atoms with Crippen LogP contribution in [0.2, 0.25) is 10.0 Å². The first kappa shape index (κ1) is 19.6. The topological polar surface area (TPSA) is 111 Å². The molecule has 0 fully saturated rings. The number of nitrogens with zero attached hydrogens (tertiary/aromatic N) is 1. The highest BCUT2D eigenvalue weighted by Gasteiger charge is 2.11. The summed E-state index contributed by atoms with van der Waals surface area (Å²) in [5.74, 6) is -1.07. The molecule has 0 bridgehead atoms. The highest BCUT2D eigenvalue weighted by Crippen LogP contribution is 2.29. The summed E-state index contributed by atoms with van der Waals surface area (Å²) in [6.07, 6.45) is 0. The van der Waals surface area contributed by atoms with Crippen molar-refractivity contribution in [1.29, 1.82) is 0 Å². The Morgan fingerprint density at radius 3 is 2.38 bits per heavy atom. The molecule has 2 rings (SSSR count). The molecule has 0 saturated heterocycles. The van der Waals surface area contributed by atoms with Crippen LogP contribution in [0.5, 0.6) is 0 Å². The van der Waals surface area contributed by atoms with Gasteiger partial charge in [-0.05, 0) is 18.2 Å². The molecule has 0 spiro atoms. The number of halogens is 2. The second-order valence-corrected chi connectivity index (χ2v) is 5.78. The smallest absolute Gasteiger partial charge is 0.271 e. The Bertz CT molecular complexity index is 844. The molecule has 0 radical (unpaired) electrons. The fourth-order valence-corrected chi connectivity index (χ4v) is 2.27. The molecule has 2 aromatic carbocycles. The zero-order chi connectivity index (χ0) is 19.1. The summed E-state index contributed by atoms with van der Waals surface area (Å²) in [5.41, 5.74) is 0.429. The Labute approximate surface area is 158 Å². The standard InChI is InChI=1S/C16H13Cl2N3O5/c17-12-5-2-6-13(16(12)18)20-15(23)9-26-8-14(22)19-10-3-1-4-11(7-10)21(24)25/h1-7H,8-9H2,(H,19,22)(H,20,23). The van der Waals surface area contributed by atoms with E-state index in [1.54, 1.807) is 18.2 Å². The first-order valence-corrected chi connectivity index (χ1v) is 7.98. The number of ether oxygens (including phenoxy) is 1. The number of hydrogen-bond acceptors (Lipinski definition) is 5. The number of carbonyl (C=O) groups is 2. The molecule has 0 saturated carbocycles. The molecule has 0 aliphatic heterocycles. The van der Waals surface area contributed by atoms with E-state index >= 15 is 0 Å². The number of carbonyl (C=O) groups excluding carboxylic acids is 2. The number of hydrogen-bond donors (Lipinski definition) is 2. The van der Waals surface area contributed by atoms with Crippen LogP contribution in [0.25, 0.3) is 0 Å². The van der Waals surface area contributed by atoms with Crippen molar-refractivity contribution >= 4 is 52.1 Å². The lowest BCUT2D eigenvalue weighted by Crippen LogP contribution is -2.24. The minimum atomic E-state index is -0.572. The summed E-state index contributed by atoms with van der Waals surface area (Å²) in [6, 6.07) is 10.2. The van der Waals surface area contributed by atoms with Gasteiger partial charge in [-0.15, -0.1) is 0 Å².